The first-order chi connectivity index (χ1) is 12.8. The van der Waals surface area contributed by atoms with Crippen LogP contribution in [0, 0.1) is 5.82 Å². The minimum Gasteiger partial charge on any atom is -0.402 e. The van der Waals surface area contributed by atoms with Crippen molar-refractivity contribution in [2.24, 2.45) is 4.99 Å². The molecule has 6 heteroatoms. The summed E-state index contributed by atoms with van der Waals surface area (Å²) in [6.07, 6.45) is 3.61. The summed E-state index contributed by atoms with van der Waals surface area (Å²) in [5, 5.41) is 7.96. The molecule has 2 heterocycles. The molecule has 0 unspecified atom stereocenters. The van der Waals surface area contributed by atoms with Crippen molar-refractivity contribution in [3.05, 3.63) is 90.0 Å². The van der Waals surface area contributed by atoms with Gasteiger partial charge >= 0.3 is 6.01 Å². The summed E-state index contributed by atoms with van der Waals surface area (Å²) < 4.78 is 20.6. The number of hydrogen-bond acceptors (Lipinski definition) is 4. The average Bonchev–Trinajstić information content (AvgIpc) is 3.32. The van der Waals surface area contributed by atoms with Gasteiger partial charge in [-0.15, -0.1) is 5.10 Å². The van der Waals surface area contributed by atoms with Crippen molar-refractivity contribution in [2.75, 3.05) is 0 Å². The van der Waals surface area contributed by atoms with Gasteiger partial charge in [0.15, 0.2) is 0 Å². The highest BCUT2D eigenvalue weighted by Gasteiger charge is 2.07. The number of hydrogen-bond donors (Lipinski definition) is 0. The maximum Gasteiger partial charge on any atom is 0.342 e. The predicted octanol–water partition coefficient (Wildman–Crippen LogP) is 4.48. The van der Waals surface area contributed by atoms with Crippen LogP contribution in [0.25, 0.3) is 11.5 Å². The molecule has 0 radical (unpaired) electrons. The third kappa shape index (κ3) is 3.59. The third-order valence-corrected chi connectivity index (χ3v) is 3.87. The van der Waals surface area contributed by atoms with E-state index in [9.17, 15) is 4.39 Å². The Kier molecular flexibility index (Phi) is 4.38. The molecular weight excluding hydrogens is 331 g/mol. The van der Waals surface area contributed by atoms with E-state index in [-0.39, 0.29) is 11.8 Å². The SMILES string of the molecule is Fc1ccc(Cn2cccc2/C=N\c2nnc(-c3ccccc3)o2)cc1. The molecule has 0 spiro atoms. The van der Waals surface area contributed by atoms with Crippen molar-refractivity contribution >= 4 is 12.2 Å². The van der Waals surface area contributed by atoms with E-state index in [4.69, 9.17) is 4.42 Å². The maximum atomic E-state index is 13.0. The monoisotopic (exact) mass is 346 g/mol. The topological polar surface area (TPSA) is 56.2 Å². The summed E-state index contributed by atoms with van der Waals surface area (Å²) >= 11 is 0. The Morgan fingerprint density at radius 3 is 2.58 bits per heavy atom. The second kappa shape index (κ2) is 7.14. The Bertz CT molecular complexity index is 1020. The lowest BCUT2D eigenvalue weighted by Crippen LogP contribution is -2.02. The zero-order valence-corrected chi connectivity index (χ0v) is 13.8. The van der Waals surface area contributed by atoms with Crippen molar-refractivity contribution in [3.8, 4) is 11.5 Å². The van der Waals surface area contributed by atoms with E-state index in [1.165, 1.54) is 12.1 Å². The quantitative estimate of drug-likeness (QED) is 0.501. The Balaban J connectivity index is 1.50. The van der Waals surface area contributed by atoms with E-state index in [0.717, 1.165) is 16.8 Å². The lowest BCUT2D eigenvalue weighted by atomic mass is 10.2. The molecule has 0 amide bonds. The highest BCUT2D eigenvalue weighted by Crippen LogP contribution is 2.20. The highest BCUT2D eigenvalue weighted by atomic mass is 19.1. The van der Waals surface area contributed by atoms with Crippen LogP contribution in [0.2, 0.25) is 0 Å². The van der Waals surface area contributed by atoms with E-state index >= 15 is 0 Å². The Morgan fingerprint density at radius 1 is 0.962 bits per heavy atom. The van der Waals surface area contributed by atoms with Crippen molar-refractivity contribution in [1.29, 1.82) is 0 Å². The van der Waals surface area contributed by atoms with E-state index < -0.39 is 0 Å². The second-order valence-corrected chi connectivity index (χ2v) is 5.70. The van der Waals surface area contributed by atoms with Gasteiger partial charge in [-0.05, 0) is 42.0 Å². The van der Waals surface area contributed by atoms with Gasteiger partial charge in [0.05, 0.1) is 11.9 Å². The van der Waals surface area contributed by atoms with Crippen LogP contribution in [0.15, 0.2) is 82.3 Å². The molecule has 0 saturated heterocycles. The van der Waals surface area contributed by atoms with Crippen LogP contribution in [-0.4, -0.2) is 21.0 Å². The maximum absolute atomic E-state index is 13.0. The molecule has 0 aliphatic rings. The Hall–Kier alpha value is -3.54. The van der Waals surface area contributed by atoms with E-state index in [1.807, 2.05) is 53.2 Å². The smallest absolute Gasteiger partial charge is 0.342 e. The van der Waals surface area contributed by atoms with Crippen LogP contribution in [0.3, 0.4) is 0 Å². The summed E-state index contributed by atoms with van der Waals surface area (Å²) in [6.45, 7) is 0.619. The molecule has 2 aromatic heterocycles. The normalized spacial score (nSPS) is 11.3. The second-order valence-electron chi connectivity index (χ2n) is 5.70. The van der Waals surface area contributed by atoms with Gasteiger partial charge in [-0.1, -0.05) is 35.4 Å². The number of nitrogens with zero attached hydrogens (tertiary/aromatic N) is 4. The zero-order valence-electron chi connectivity index (χ0n) is 13.8. The van der Waals surface area contributed by atoms with E-state index in [0.29, 0.717) is 12.4 Å². The standard InChI is InChI=1S/C20H15FN4O/c21-17-10-8-15(9-11-17)14-25-12-4-7-18(25)13-22-20-24-23-19(26-20)16-5-2-1-3-6-16/h1-13H,14H2/b22-13-. The number of halogens is 1. The summed E-state index contributed by atoms with van der Waals surface area (Å²) in [5.41, 5.74) is 2.73. The largest absolute Gasteiger partial charge is 0.402 e. The van der Waals surface area contributed by atoms with Crippen molar-refractivity contribution in [1.82, 2.24) is 14.8 Å². The fourth-order valence-corrected chi connectivity index (χ4v) is 2.56. The zero-order chi connectivity index (χ0) is 17.8. The molecule has 2 aromatic carbocycles. The molecule has 4 aromatic rings. The van der Waals surface area contributed by atoms with Crippen LogP contribution in [0.4, 0.5) is 10.4 Å². The van der Waals surface area contributed by atoms with Gasteiger partial charge in [0, 0.05) is 18.3 Å². The first-order valence-corrected chi connectivity index (χ1v) is 8.10. The Labute approximate surface area is 149 Å². The van der Waals surface area contributed by atoms with Crippen LogP contribution in [-0.2, 0) is 6.54 Å². The van der Waals surface area contributed by atoms with Crippen LogP contribution < -0.4 is 0 Å². The first kappa shape index (κ1) is 16.0. The molecule has 0 N–H and O–H groups in total. The van der Waals surface area contributed by atoms with Crippen molar-refractivity contribution < 1.29 is 8.81 Å². The first-order valence-electron chi connectivity index (χ1n) is 8.10. The van der Waals surface area contributed by atoms with Crippen molar-refractivity contribution in [3.63, 3.8) is 0 Å². The molecule has 0 aliphatic heterocycles. The minimum atomic E-state index is -0.242. The number of rotatable bonds is 5. The lowest BCUT2D eigenvalue weighted by molar-refractivity contribution is 0.580. The minimum absolute atomic E-state index is 0.193. The van der Waals surface area contributed by atoms with Gasteiger partial charge in [0.25, 0.3) is 0 Å². The molecule has 4 rings (SSSR count). The molecule has 0 fully saturated rings. The summed E-state index contributed by atoms with van der Waals surface area (Å²) in [6, 6.07) is 20.0. The van der Waals surface area contributed by atoms with Crippen LogP contribution in [0.1, 0.15) is 11.3 Å². The molecule has 0 saturated carbocycles. The number of aromatic nitrogens is 3. The fourth-order valence-electron chi connectivity index (χ4n) is 2.56. The van der Waals surface area contributed by atoms with E-state index in [2.05, 4.69) is 15.2 Å². The molecule has 5 nitrogen and oxygen atoms in total. The summed E-state index contributed by atoms with van der Waals surface area (Å²) in [7, 11) is 0. The van der Waals surface area contributed by atoms with Crippen molar-refractivity contribution in [2.45, 2.75) is 6.54 Å². The summed E-state index contributed by atoms with van der Waals surface area (Å²) in [5.74, 6) is 0.188. The molecular formula is C20H15FN4O. The highest BCUT2D eigenvalue weighted by molar-refractivity contribution is 5.79. The van der Waals surface area contributed by atoms with Gasteiger partial charge in [0.2, 0.25) is 5.89 Å². The number of aliphatic imine (C=N–C) groups is 1. The molecule has 0 bridgehead atoms. The van der Waals surface area contributed by atoms with Crippen LogP contribution in [0.5, 0.6) is 0 Å². The fraction of sp³-hybridized carbons (Fsp3) is 0.0500. The molecule has 26 heavy (non-hydrogen) atoms. The van der Waals surface area contributed by atoms with Gasteiger partial charge in [-0.2, -0.15) is 4.99 Å². The van der Waals surface area contributed by atoms with Gasteiger partial charge in [0.1, 0.15) is 5.82 Å². The molecule has 0 atom stereocenters. The summed E-state index contributed by atoms with van der Waals surface area (Å²) in [4.78, 5) is 4.27. The number of benzene rings is 2. The van der Waals surface area contributed by atoms with Crippen LogP contribution >= 0.6 is 0 Å². The molecule has 0 aliphatic carbocycles. The molecule has 128 valence electrons. The lowest BCUT2D eigenvalue weighted by Gasteiger charge is -2.06. The van der Waals surface area contributed by atoms with Gasteiger partial charge in [-0.25, -0.2) is 4.39 Å². The average molecular weight is 346 g/mol. The predicted molar refractivity (Wildman–Crippen MR) is 96.9 cm³/mol. The van der Waals surface area contributed by atoms with Gasteiger partial charge in [-0.3, -0.25) is 0 Å². The Morgan fingerprint density at radius 2 is 1.77 bits per heavy atom. The third-order valence-electron chi connectivity index (χ3n) is 3.87. The van der Waals surface area contributed by atoms with Gasteiger partial charge < -0.3 is 8.98 Å². The van der Waals surface area contributed by atoms with E-state index in [1.54, 1.807) is 18.3 Å².